The van der Waals surface area contributed by atoms with Gasteiger partial charge in [0.2, 0.25) is 5.91 Å². The number of carbonyl (C=O) groups is 1. The normalized spacial score (nSPS) is 24.0. The zero-order valence-electron chi connectivity index (χ0n) is 14.6. The van der Waals surface area contributed by atoms with Gasteiger partial charge in [0, 0.05) is 37.9 Å². The van der Waals surface area contributed by atoms with Crippen LogP contribution in [0, 0.1) is 11.3 Å². The molecule has 1 amide bonds. The van der Waals surface area contributed by atoms with E-state index in [-0.39, 0.29) is 11.9 Å². The van der Waals surface area contributed by atoms with Crippen LogP contribution in [0.4, 0.5) is 5.82 Å². The maximum atomic E-state index is 12.2. The average Bonchev–Trinajstić information content (AvgIpc) is 2.67. The zero-order chi connectivity index (χ0) is 17.2. The number of nitrogens with zero attached hydrogens (tertiary/aromatic N) is 4. The lowest BCUT2D eigenvalue weighted by molar-refractivity contribution is -0.134. The summed E-state index contributed by atoms with van der Waals surface area (Å²) in [5.74, 6) is 1.02. The molecule has 25 heavy (non-hydrogen) atoms. The SMILES string of the molecule is N#Cc1cc2c(nc1N1CCCC(N3CCNCC3=O)C1)CCCC2. The lowest BCUT2D eigenvalue weighted by Crippen LogP contribution is -2.57. The Morgan fingerprint density at radius 1 is 1.24 bits per heavy atom. The van der Waals surface area contributed by atoms with Gasteiger partial charge in [0.1, 0.15) is 11.9 Å². The summed E-state index contributed by atoms with van der Waals surface area (Å²) in [6, 6.07) is 4.63. The third-order valence-electron chi connectivity index (χ3n) is 5.66. The van der Waals surface area contributed by atoms with Crippen molar-refractivity contribution in [1.29, 1.82) is 5.26 Å². The average molecular weight is 339 g/mol. The van der Waals surface area contributed by atoms with Gasteiger partial charge in [-0.2, -0.15) is 5.26 Å². The summed E-state index contributed by atoms with van der Waals surface area (Å²) in [5.41, 5.74) is 3.10. The maximum Gasteiger partial charge on any atom is 0.236 e. The number of nitrogens with one attached hydrogen (secondary N) is 1. The van der Waals surface area contributed by atoms with Crippen molar-refractivity contribution in [1.82, 2.24) is 15.2 Å². The highest BCUT2D eigenvalue weighted by Crippen LogP contribution is 2.29. The molecule has 1 aromatic heterocycles. The van der Waals surface area contributed by atoms with E-state index in [2.05, 4.69) is 22.4 Å². The van der Waals surface area contributed by atoms with Crippen molar-refractivity contribution in [2.24, 2.45) is 0 Å². The van der Waals surface area contributed by atoms with Gasteiger partial charge in [0.15, 0.2) is 0 Å². The van der Waals surface area contributed by atoms with Gasteiger partial charge in [-0.1, -0.05) is 0 Å². The number of carbonyl (C=O) groups excluding carboxylic acids is 1. The first-order valence-electron chi connectivity index (χ1n) is 9.44. The predicted molar refractivity (Wildman–Crippen MR) is 95.4 cm³/mol. The molecule has 2 fully saturated rings. The molecule has 4 rings (SSSR count). The van der Waals surface area contributed by atoms with Crippen LogP contribution in [0.2, 0.25) is 0 Å². The van der Waals surface area contributed by atoms with Gasteiger partial charge in [-0.3, -0.25) is 4.79 Å². The quantitative estimate of drug-likeness (QED) is 0.877. The van der Waals surface area contributed by atoms with Crippen LogP contribution in [0.25, 0.3) is 0 Å². The molecular weight excluding hydrogens is 314 g/mol. The van der Waals surface area contributed by atoms with Crippen molar-refractivity contribution in [3.8, 4) is 6.07 Å². The molecule has 3 aliphatic rings. The molecule has 0 radical (unpaired) electrons. The Labute approximate surface area is 148 Å². The van der Waals surface area contributed by atoms with Crippen molar-refractivity contribution in [3.63, 3.8) is 0 Å². The molecule has 1 aromatic rings. The summed E-state index contributed by atoms with van der Waals surface area (Å²) in [7, 11) is 0. The Morgan fingerprint density at radius 2 is 2.12 bits per heavy atom. The first kappa shape index (κ1) is 16.3. The maximum absolute atomic E-state index is 12.2. The number of piperidine rings is 1. The topological polar surface area (TPSA) is 72.3 Å². The Morgan fingerprint density at radius 3 is 2.96 bits per heavy atom. The fraction of sp³-hybridized carbons (Fsp3) is 0.632. The summed E-state index contributed by atoms with van der Waals surface area (Å²) in [4.78, 5) is 21.4. The van der Waals surface area contributed by atoms with Crippen molar-refractivity contribution in [2.45, 2.75) is 44.6 Å². The Balaban J connectivity index is 1.58. The lowest BCUT2D eigenvalue weighted by Gasteiger charge is -2.41. The molecule has 1 aliphatic carbocycles. The number of aryl methyl sites for hydroxylation is 2. The number of amides is 1. The minimum absolute atomic E-state index is 0.192. The molecule has 0 spiro atoms. The second kappa shape index (κ2) is 7.01. The fourth-order valence-electron chi connectivity index (χ4n) is 4.35. The molecule has 2 aliphatic heterocycles. The number of nitriles is 1. The number of hydrogen-bond acceptors (Lipinski definition) is 5. The van der Waals surface area contributed by atoms with Gasteiger partial charge in [-0.25, -0.2) is 4.98 Å². The van der Waals surface area contributed by atoms with E-state index >= 15 is 0 Å². The minimum atomic E-state index is 0.192. The molecular formula is C19H25N5O. The van der Waals surface area contributed by atoms with Crippen LogP contribution in [0.1, 0.15) is 42.5 Å². The lowest BCUT2D eigenvalue weighted by atomic mass is 9.94. The Bertz CT molecular complexity index is 711. The molecule has 1 N–H and O–H groups in total. The van der Waals surface area contributed by atoms with Gasteiger partial charge in [-0.05, 0) is 50.2 Å². The fourth-order valence-corrected chi connectivity index (χ4v) is 4.35. The molecule has 0 saturated carbocycles. The summed E-state index contributed by atoms with van der Waals surface area (Å²) in [6.45, 7) is 3.78. The number of aromatic nitrogens is 1. The number of pyridine rings is 1. The molecule has 0 bridgehead atoms. The summed E-state index contributed by atoms with van der Waals surface area (Å²) in [5, 5.41) is 12.8. The van der Waals surface area contributed by atoms with E-state index in [0.29, 0.717) is 12.1 Å². The van der Waals surface area contributed by atoms with E-state index in [1.807, 2.05) is 4.90 Å². The van der Waals surface area contributed by atoms with E-state index in [1.165, 1.54) is 24.1 Å². The highest BCUT2D eigenvalue weighted by atomic mass is 16.2. The largest absolute Gasteiger partial charge is 0.353 e. The number of anilines is 1. The molecule has 3 heterocycles. The van der Waals surface area contributed by atoms with Gasteiger partial charge in [0.25, 0.3) is 0 Å². The minimum Gasteiger partial charge on any atom is -0.353 e. The summed E-state index contributed by atoms with van der Waals surface area (Å²) in [6.07, 6.45) is 6.50. The van der Waals surface area contributed by atoms with Crippen LogP contribution in [-0.4, -0.2) is 54.6 Å². The van der Waals surface area contributed by atoms with Crippen LogP contribution in [0.5, 0.6) is 0 Å². The van der Waals surface area contributed by atoms with Crippen LogP contribution in [-0.2, 0) is 17.6 Å². The molecule has 1 unspecified atom stereocenters. The van der Waals surface area contributed by atoms with Crippen LogP contribution in [0.3, 0.4) is 0 Å². The number of rotatable bonds is 2. The first-order chi connectivity index (χ1) is 12.3. The second-order valence-corrected chi connectivity index (χ2v) is 7.29. The van der Waals surface area contributed by atoms with Gasteiger partial charge in [-0.15, -0.1) is 0 Å². The number of piperazine rings is 1. The molecule has 6 nitrogen and oxygen atoms in total. The van der Waals surface area contributed by atoms with Crippen LogP contribution < -0.4 is 10.2 Å². The summed E-state index contributed by atoms with van der Waals surface area (Å²) >= 11 is 0. The van der Waals surface area contributed by atoms with Crippen molar-refractivity contribution >= 4 is 11.7 Å². The van der Waals surface area contributed by atoms with Crippen LogP contribution in [0.15, 0.2) is 6.07 Å². The standard InChI is InChI=1S/C19H25N5O/c20-11-15-10-14-4-1-2-6-17(14)22-19(15)23-8-3-5-16(13-23)24-9-7-21-12-18(24)25/h10,16,21H,1-9,12-13H2. The molecule has 1 atom stereocenters. The van der Waals surface area contributed by atoms with Gasteiger partial charge in [0.05, 0.1) is 12.1 Å². The second-order valence-electron chi connectivity index (χ2n) is 7.29. The highest BCUT2D eigenvalue weighted by molar-refractivity contribution is 5.79. The van der Waals surface area contributed by atoms with Crippen LogP contribution >= 0.6 is 0 Å². The smallest absolute Gasteiger partial charge is 0.236 e. The van der Waals surface area contributed by atoms with E-state index in [9.17, 15) is 10.1 Å². The molecule has 6 heteroatoms. The van der Waals surface area contributed by atoms with E-state index in [1.54, 1.807) is 0 Å². The number of hydrogen-bond donors (Lipinski definition) is 1. The van der Waals surface area contributed by atoms with Gasteiger partial charge < -0.3 is 15.1 Å². The van der Waals surface area contributed by atoms with E-state index in [4.69, 9.17) is 4.98 Å². The molecule has 0 aromatic carbocycles. The van der Waals surface area contributed by atoms with E-state index < -0.39 is 0 Å². The third kappa shape index (κ3) is 3.21. The molecule has 2 saturated heterocycles. The Hall–Kier alpha value is -2.13. The summed E-state index contributed by atoms with van der Waals surface area (Å²) < 4.78 is 0. The third-order valence-corrected chi connectivity index (χ3v) is 5.66. The predicted octanol–water partition coefficient (Wildman–Crippen LogP) is 1.23. The number of fused-ring (bicyclic) bond motifs is 1. The highest BCUT2D eigenvalue weighted by Gasteiger charge is 2.31. The van der Waals surface area contributed by atoms with Gasteiger partial charge >= 0.3 is 0 Å². The Kier molecular flexibility index (Phi) is 4.58. The monoisotopic (exact) mass is 339 g/mol. The van der Waals surface area contributed by atoms with Crippen molar-refractivity contribution in [2.75, 3.05) is 37.6 Å². The first-order valence-corrected chi connectivity index (χ1v) is 9.44. The molecule has 132 valence electrons. The van der Waals surface area contributed by atoms with Crippen molar-refractivity contribution < 1.29 is 4.79 Å². The van der Waals surface area contributed by atoms with E-state index in [0.717, 1.165) is 57.7 Å². The van der Waals surface area contributed by atoms with Crippen molar-refractivity contribution in [3.05, 3.63) is 22.9 Å². The zero-order valence-corrected chi connectivity index (χ0v) is 14.6.